The van der Waals surface area contributed by atoms with E-state index in [9.17, 15) is 0 Å². The lowest BCUT2D eigenvalue weighted by atomic mass is 10.2. The summed E-state index contributed by atoms with van der Waals surface area (Å²) in [5, 5.41) is 4.02. The number of ether oxygens (including phenoxy) is 2. The van der Waals surface area contributed by atoms with Gasteiger partial charge in [-0.1, -0.05) is 0 Å². The van der Waals surface area contributed by atoms with Crippen LogP contribution in [0.4, 0.5) is 0 Å². The van der Waals surface area contributed by atoms with E-state index in [-0.39, 0.29) is 5.11 Å². The second kappa shape index (κ2) is 7.37. The zero-order valence-electron chi connectivity index (χ0n) is 10.1. The molecule has 3 N–H and O–H groups in total. The molecule has 7 heteroatoms. The Morgan fingerprint density at radius 3 is 2.89 bits per heavy atom. The van der Waals surface area contributed by atoms with Gasteiger partial charge >= 0.3 is 0 Å². The van der Waals surface area contributed by atoms with Gasteiger partial charge in [0.2, 0.25) is 0 Å². The van der Waals surface area contributed by atoms with E-state index in [1.807, 2.05) is 19.1 Å². The van der Waals surface area contributed by atoms with Crippen LogP contribution in [0.25, 0.3) is 0 Å². The Kier molecular flexibility index (Phi) is 6.13. The van der Waals surface area contributed by atoms with E-state index in [0.717, 1.165) is 14.9 Å². The SMILES string of the molecule is CCOc1cc(/C=N/NC(N)=S)cc(I)c1OC. The number of methoxy groups -OCH3 is 1. The Morgan fingerprint density at radius 1 is 1.61 bits per heavy atom. The van der Waals surface area contributed by atoms with Crippen molar-refractivity contribution in [1.29, 1.82) is 0 Å². The first-order valence-electron chi connectivity index (χ1n) is 5.17. The van der Waals surface area contributed by atoms with Gasteiger partial charge in [0.15, 0.2) is 16.6 Å². The molecule has 5 nitrogen and oxygen atoms in total. The highest BCUT2D eigenvalue weighted by Crippen LogP contribution is 2.33. The Labute approximate surface area is 125 Å². The number of benzene rings is 1. The molecule has 0 aliphatic heterocycles. The molecule has 1 aromatic rings. The Bertz CT molecular complexity index is 466. The van der Waals surface area contributed by atoms with Gasteiger partial charge in [-0.2, -0.15) is 5.10 Å². The van der Waals surface area contributed by atoms with Crippen LogP contribution in [0.3, 0.4) is 0 Å². The average Bonchev–Trinajstić information content (AvgIpc) is 2.28. The second-order valence-corrected chi connectivity index (χ2v) is 4.80. The topological polar surface area (TPSA) is 68.9 Å². The van der Waals surface area contributed by atoms with Crippen molar-refractivity contribution in [1.82, 2.24) is 5.43 Å². The lowest BCUT2D eigenvalue weighted by molar-refractivity contribution is 0.309. The molecule has 0 amide bonds. The van der Waals surface area contributed by atoms with Crippen LogP contribution < -0.4 is 20.6 Å². The average molecular weight is 379 g/mol. The van der Waals surface area contributed by atoms with Gasteiger partial charge in [0, 0.05) is 0 Å². The van der Waals surface area contributed by atoms with Crippen LogP contribution in [-0.2, 0) is 0 Å². The van der Waals surface area contributed by atoms with Crippen molar-refractivity contribution in [3.05, 3.63) is 21.3 Å². The van der Waals surface area contributed by atoms with Gasteiger partial charge in [-0.15, -0.1) is 0 Å². The highest BCUT2D eigenvalue weighted by atomic mass is 127. The zero-order valence-corrected chi connectivity index (χ0v) is 13.0. The number of hydrogen-bond donors (Lipinski definition) is 2. The summed E-state index contributed by atoms with van der Waals surface area (Å²) in [5.41, 5.74) is 8.64. The first kappa shape index (κ1) is 15.0. The summed E-state index contributed by atoms with van der Waals surface area (Å²) in [6, 6.07) is 3.77. The molecule has 0 fully saturated rings. The van der Waals surface area contributed by atoms with E-state index in [2.05, 4.69) is 45.3 Å². The van der Waals surface area contributed by atoms with Crippen LogP contribution in [0.15, 0.2) is 17.2 Å². The van der Waals surface area contributed by atoms with Crippen LogP contribution >= 0.6 is 34.8 Å². The molecule has 0 spiro atoms. The Balaban J connectivity index is 3.00. The molecular weight excluding hydrogens is 365 g/mol. The van der Waals surface area contributed by atoms with Crippen LogP contribution in [0.5, 0.6) is 11.5 Å². The van der Waals surface area contributed by atoms with Gasteiger partial charge in [-0.25, -0.2) is 0 Å². The van der Waals surface area contributed by atoms with Gasteiger partial charge < -0.3 is 15.2 Å². The van der Waals surface area contributed by atoms with Crippen LogP contribution in [0.1, 0.15) is 12.5 Å². The first-order chi connectivity index (χ1) is 8.58. The van der Waals surface area contributed by atoms with E-state index in [0.29, 0.717) is 12.4 Å². The number of halogens is 1. The number of nitrogens with two attached hydrogens (primary N) is 1. The summed E-state index contributed by atoms with van der Waals surface area (Å²) in [5.74, 6) is 1.40. The maximum absolute atomic E-state index is 5.51. The van der Waals surface area contributed by atoms with E-state index in [4.69, 9.17) is 15.2 Å². The lowest BCUT2D eigenvalue weighted by Crippen LogP contribution is -2.24. The van der Waals surface area contributed by atoms with Crippen molar-refractivity contribution in [2.24, 2.45) is 10.8 Å². The van der Waals surface area contributed by atoms with Gasteiger partial charge in [-0.3, -0.25) is 5.43 Å². The zero-order chi connectivity index (χ0) is 13.5. The minimum Gasteiger partial charge on any atom is -0.492 e. The number of nitrogens with one attached hydrogen (secondary N) is 1. The molecule has 0 heterocycles. The van der Waals surface area contributed by atoms with Crippen LogP contribution in [0, 0.1) is 3.57 Å². The molecule has 98 valence electrons. The normalized spacial score (nSPS) is 10.4. The lowest BCUT2D eigenvalue weighted by Gasteiger charge is -2.11. The third-order valence-corrected chi connectivity index (χ3v) is 2.82. The van der Waals surface area contributed by atoms with E-state index in [1.165, 1.54) is 0 Å². The maximum atomic E-state index is 5.51. The van der Waals surface area contributed by atoms with Crippen molar-refractivity contribution >= 4 is 46.1 Å². The molecule has 1 rings (SSSR count). The smallest absolute Gasteiger partial charge is 0.184 e. The van der Waals surface area contributed by atoms with Gasteiger partial charge in [0.1, 0.15) is 0 Å². The Morgan fingerprint density at radius 2 is 2.33 bits per heavy atom. The summed E-state index contributed by atoms with van der Waals surface area (Å²) in [7, 11) is 1.61. The van der Waals surface area contributed by atoms with Crippen molar-refractivity contribution in [3.8, 4) is 11.5 Å². The second-order valence-electron chi connectivity index (χ2n) is 3.20. The van der Waals surface area contributed by atoms with Crippen molar-refractivity contribution in [2.75, 3.05) is 13.7 Å². The third kappa shape index (κ3) is 4.30. The summed E-state index contributed by atoms with van der Waals surface area (Å²) in [6.45, 7) is 2.49. The largest absolute Gasteiger partial charge is 0.492 e. The van der Waals surface area contributed by atoms with Crippen molar-refractivity contribution < 1.29 is 9.47 Å². The number of rotatable bonds is 5. The minimum absolute atomic E-state index is 0.125. The van der Waals surface area contributed by atoms with Crippen LogP contribution in [0.2, 0.25) is 0 Å². The number of nitrogens with zero attached hydrogens (tertiary/aromatic N) is 1. The molecular formula is C11H14IN3O2S. The van der Waals surface area contributed by atoms with E-state index >= 15 is 0 Å². The quantitative estimate of drug-likeness (QED) is 0.354. The predicted octanol–water partition coefficient (Wildman–Crippen LogP) is 1.87. The third-order valence-electron chi connectivity index (χ3n) is 1.92. The molecule has 18 heavy (non-hydrogen) atoms. The minimum atomic E-state index is 0.125. The molecule has 0 unspecified atom stereocenters. The number of hydrogen-bond acceptors (Lipinski definition) is 4. The monoisotopic (exact) mass is 379 g/mol. The molecule has 0 atom stereocenters. The first-order valence-corrected chi connectivity index (χ1v) is 6.66. The fourth-order valence-electron chi connectivity index (χ4n) is 1.29. The number of thiocarbonyl (C=S) groups is 1. The van der Waals surface area contributed by atoms with E-state index in [1.54, 1.807) is 13.3 Å². The molecule has 0 bridgehead atoms. The molecule has 0 radical (unpaired) electrons. The molecule has 0 aliphatic carbocycles. The molecule has 1 aromatic carbocycles. The maximum Gasteiger partial charge on any atom is 0.184 e. The highest BCUT2D eigenvalue weighted by molar-refractivity contribution is 14.1. The van der Waals surface area contributed by atoms with Crippen molar-refractivity contribution in [3.63, 3.8) is 0 Å². The molecule has 0 aromatic heterocycles. The predicted molar refractivity (Wildman–Crippen MR) is 84.4 cm³/mol. The van der Waals surface area contributed by atoms with Gasteiger partial charge in [0.05, 0.1) is 23.5 Å². The standard InChI is InChI=1S/C11H14IN3O2S/c1-3-17-9-5-7(6-14-15-11(13)18)4-8(12)10(9)16-2/h4-6H,3H2,1-2H3,(H3,13,15,18)/b14-6+. The fourth-order valence-corrected chi connectivity index (χ4v) is 2.19. The molecule has 0 saturated heterocycles. The summed E-state index contributed by atoms with van der Waals surface area (Å²) in [4.78, 5) is 0. The molecule has 0 aliphatic rings. The van der Waals surface area contributed by atoms with Crippen molar-refractivity contribution in [2.45, 2.75) is 6.92 Å². The molecule has 0 saturated carbocycles. The fraction of sp³-hybridized carbons (Fsp3) is 0.273. The summed E-state index contributed by atoms with van der Waals surface area (Å²) >= 11 is 6.83. The van der Waals surface area contributed by atoms with Crippen LogP contribution in [-0.4, -0.2) is 25.0 Å². The summed E-state index contributed by atoms with van der Waals surface area (Å²) < 4.78 is 11.7. The highest BCUT2D eigenvalue weighted by Gasteiger charge is 2.10. The Hall–Kier alpha value is -1.09. The van der Waals surface area contributed by atoms with Gasteiger partial charge in [-0.05, 0) is 59.4 Å². The number of hydrazone groups is 1. The van der Waals surface area contributed by atoms with Gasteiger partial charge in [0.25, 0.3) is 0 Å². The van der Waals surface area contributed by atoms with E-state index < -0.39 is 0 Å². The summed E-state index contributed by atoms with van der Waals surface area (Å²) in [6.07, 6.45) is 1.61.